The number of amides is 1. The van der Waals surface area contributed by atoms with Gasteiger partial charge < -0.3 is 19.5 Å². The molecule has 4 rings (SSSR count). The molecule has 1 N–H and O–H groups in total. The number of anilines is 2. The Morgan fingerprint density at radius 3 is 2.81 bits per heavy atom. The van der Waals surface area contributed by atoms with Gasteiger partial charge in [-0.25, -0.2) is 4.98 Å². The van der Waals surface area contributed by atoms with Gasteiger partial charge in [-0.2, -0.15) is 0 Å². The van der Waals surface area contributed by atoms with E-state index in [0.29, 0.717) is 6.42 Å². The Morgan fingerprint density at radius 2 is 2.06 bits per heavy atom. The van der Waals surface area contributed by atoms with Crippen molar-refractivity contribution >= 4 is 29.2 Å². The first-order chi connectivity index (χ1) is 15.1. The Bertz CT molecular complexity index is 1040. The molecule has 3 heterocycles. The quantitative estimate of drug-likeness (QED) is 0.560. The van der Waals surface area contributed by atoms with Crippen molar-refractivity contribution < 1.29 is 9.21 Å². The third kappa shape index (κ3) is 5.57. The highest BCUT2D eigenvalue weighted by Gasteiger charge is 2.17. The summed E-state index contributed by atoms with van der Waals surface area (Å²) in [6, 6.07) is 14.0. The van der Waals surface area contributed by atoms with Crippen LogP contribution < -0.4 is 10.2 Å². The highest BCUT2D eigenvalue weighted by Crippen LogP contribution is 2.33. The zero-order valence-corrected chi connectivity index (χ0v) is 18.4. The summed E-state index contributed by atoms with van der Waals surface area (Å²) >= 11 is 1.64. The molecule has 7 heteroatoms. The van der Waals surface area contributed by atoms with Gasteiger partial charge in [-0.15, -0.1) is 0 Å². The number of likely N-dealkylation sites (N-methyl/N-ethyl adjacent to an activating group) is 1. The summed E-state index contributed by atoms with van der Waals surface area (Å²) in [7, 11) is 2.15. The zero-order valence-electron chi connectivity index (χ0n) is 17.6. The largest absolute Gasteiger partial charge is 0.472 e. The van der Waals surface area contributed by atoms with Gasteiger partial charge in [0, 0.05) is 48.1 Å². The third-order valence-electron chi connectivity index (χ3n) is 5.21. The summed E-state index contributed by atoms with van der Waals surface area (Å²) in [6.07, 6.45) is 5.43. The summed E-state index contributed by atoms with van der Waals surface area (Å²) in [5, 5.41) is 2.82. The number of piperazine rings is 1. The smallest absolute Gasteiger partial charge is 0.247 e. The molecular formula is C24H26N4O2S. The second-order valence-electron chi connectivity index (χ2n) is 7.54. The molecule has 0 spiro atoms. The van der Waals surface area contributed by atoms with Crippen LogP contribution in [0.25, 0.3) is 0 Å². The van der Waals surface area contributed by atoms with Crippen LogP contribution in [0.5, 0.6) is 0 Å². The van der Waals surface area contributed by atoms with Crippen LogP contribution in [0.2, 0.25) is 0 Å². The number of furan rings is 1. The molecule has 0 aliphatic carbocycles. The minimum absolute atomic E-state index is 0.221. The Labute approximate surface area is 187 Å². The zero-order chi connectivity index (χ0) is 21.6. The van der Waals surface area contributed by atoms with Gasteiger partial charge in [0.2, 0.25) is 5.91 Å². The normalized spacial score (nSPS) is 14.4. The fraction of sp³-hybridized carbons (Fsp3) is 0.250. The molecule has 1 aliphatic rings. The van der Waals surface area contributed by atoms with Crippen molar-refractivity contribution in [2.75, 3.05) is 43.4 Å². The topological polar surface area (TPSA) is 61.6 Å². The van der Waals surface area contributed by atoms with Crippen molar-refractivity contribution in [3.05, 3.63) is 78.9 Å². The van der Waals surface area contributed by atoms with Crippen molar-refractivity contribution in [3.8, 4) is 0 Å². The van der Waals surface area contributed by atoms with Crippen molar-refractivity contribution in [2.45, 2.75) is 16.2 Å². The lowest BCUT2D eigenvalue weighted by atomic mass is 10.1. The van der Waals surface area contributed by atoms with Gasteiger partial charge in [-0.3, -0.25) is 4.79 Å². The number of nitrogens with one attached hydrogen (secondary N) is 1. The van der Waals surface area contributed by atoms with Gasteiger partial charge in [-0.05, 0) is 55.1 Å². The monoisotopic (exact) mass is 434 g/mol. The maximum Gasteiger partial charge on any atom is 0.247 e. The fourth-order valence-electron chi connectivity index (χ4n) is 3.45. The first-order valence-corrected chi connectivity index (χ1v) is 11.1. The second-order valence-corrected chi connectivity index (χ2v) is 8.65. The van der Waals surface area contributed by atoms with E-state index >= 15 is 0 Å². The van der Waals surface area contributed by atoms with Gasteiger partial charge in [0.1, 0.15) is 5.82 Å². The number of aromatic nitrogens is 1. The van der Waals surface area contributed by atoms with Crippen LogP contribution in [0.1, 0.15) is 11.3 Å². The standard InChI is InChI=1S/C24H26N4O2S/c1-3-24(29)25-19-5-4-6-20(16-19)31-22-7-8-23(28-12-10-27(2)11-13-28)26-21(22)15-18-9-14-30-17-18/h3-9,14,16-17H,1,10-13,15H2,2H3,(H,25,29). The molecule has 6 nitrogen and oxygen atoms in total. The van der Waals surface area contributed by atoms with E-state index in [1.807, 2.05) is 30.3 Å². The lowest BCUT2D eigenvalue weighted by Gasteiger charge is -2.33. The highest BCUT2D eigenvalue weighted by molar-refractivity contribution is 7.99. The summed E-state index contributed by atoms with van der Waals surface area (Å²) < 4.78 is 5.27. The molecule has 0 saturated carbocycles. The number of hydrogen-bond acceptors (Lipinski definition) is 6. The number of rotatable bonds is 7. The van der Waals surface area contributed by atoms with Crippen molar-refractivity contribution in [2.24, 2.45) is 0 Å². The van der Waals surface area contributed by atoms with Crippen LogP contribution in [0.4, 0.5) is 11.5 Å². The second kappa shape index (κ2) is 9.85. The van der Waals surface area contributed by atoms with Crippen LogP contribution in [0.15, 0.2) is 81.9 Å². The summed E-state index contributed by atoms with van der Waals surface area (Å²) in [4.78, 5) is 23.5. The lowest BCUT2D eigenvalue weighted by Crippen LogP contribution is -2.44. The summed E-state index contributed by atoms with van der Waals surface area (Å²) in [6.45, 7) is 7.54. The molecule has 0 bridgehead atoms. The number of pyridine rings is 1. The number of carbonyl (C=O) groups excluding carboxylic acids is 1. The molecule has 31 heavy (non-hydrogen) atoms. The Morgan fingerprint density at radius 1 is 1.23 bits per heavy atom. The molecule has 1 aliphatic heterocycles. The van der Waals surface area contributed by atoms with Gasteiger partial charge in [0.05, 0.1) is 18.2 Å². The van der Waals surface area contributed by atoms with Crippen molar-refractivity contribution in [3.63, 3.8) is 0 Å². The lowest BCUT2D eigenvalue weighted by molar-refractivity contribution is -0.111. The van der Waals surface area contributed by atoms with E-state index in [2.05, 4.69) is 40.9 Å². The molecule has 3 aromatic rings. The number of carbonyl (C=O) groups is 1. The Balaban J connectivity index is 1.59. The SMILES string of the molecule is C=CC(=O)Nc1cccc(Sc2ccc(N3CCN(C)CC3)nc2Cc2ccoc2)c1. The summed E-state index contributed by atoms with van der Waals surface area (Å²) in [5.74, 6) is 0.795. The van der Waals surface area contributed by atoms with Gasteiger partial charge in [0.15, 0.2) is 0 Å². The van der Waals surface area contributed by atoms with Crippen LogP contribution in [0, 0.1) is 0 Å². The molecule has 1 amide bonds. The van der Waals surface area contributed by atoms with E-state index in [0.717, 1.165) is 58.7 Å². The van der Waals surface area contributed by atoms with E-state index in [1.165, 1.54) is 6.08 Å². The number of benzene rings is 1. The van der Waals surface area contributed by atoms with E-state index in [4.69, 9.17) is 9.40 Å². The molecule has 0 atom stereocenters. The van der Waals surface area contributed by atoms with E-state index < -0.39 is 0 Å². The maximum atomic E-state index is 11.6. The van der Waals surface area contributed by atoms with Crippen LogP contribution in [-0.4, -0.2) is 49.0 Å². The average Bonchev–Trinajstić information content (AvgIpc) is 3.29. The fourth-order valence-corrected chi connectivity index (χ4v) is 4.41. The first kappa shape index (κ1) is 21.2. The van der Waals surface area contributed by atoms with Gasteiger partial charge in [0.25, 0.3) is 0 Å². The Kier molecular flexibility index (Phi) is 6.74. The van der Waals surface area contributed by atoms with Crippen molar-refractivity contribution in [1.29, 1.82) is 0 Å². The third-order valence-corrected chi connectivity index (χ3v) is 6.29. The minimum Gasteiger partial charge on any atom is -0.472 e. The first-order valence-electron chi connectivity index (χ1n) is 10.3. The Hall–Kier alpha value is -3.03. The van der Waals surface area contributed by atoms with Gasteiger partial charge >= 0.3 is 0 Å². The predicted octanol–water partition coefficient (Wildman–Crippen LogP) is 4.29. The molecule has 0 radical (unpaired) electrons. The van der Waals surface area contributed by atoms with E-state index in [9.17, 15) is 4.79 Å². The molecule has 160 valence electrons. The molecule has 1 fully saturated rings. The van der Waals surface area contributed by atoms with Crippen molar-refractivity contribution in [1.82, 2.24) is 9.88 Å². The summed E-state index contributed by atoms with van der Waals surface area (Å²) in [5.41, 5.74) is 2.86. The molecule has 1 saturated heterocycles. The van der Waals surface area contributed by atoms with Gasteiger partial charge in [-0.1, -0.05) is 24.4 Å². The number of hydrogen-bond donors (Lipinski definition) is 1. The van der Waals surface area contributed by atoms with Crippen LogP contribution >= 0.6 is 11.8 Å². The number of nitrogens with zero attached hydrogens (tertiary/aromatic N) is 3. The minimum atomic E-state index is -0.221. The predicted molar refractivity (Wildman–Crippen MR) is 125 cm³/mol. The molecule has 0 unspecified atom stereocenters. The molecule has 2 aromatic heterocycles. The molecule has 1 aromatic carbocycles. The maximum absolute atomic E-state index is 11.6. The van der Waals surface area contributed by atoms with E-state index in [1.54, 1.807) is 24.3 Å². The van der Waals surface area contributed by atoms with Crippen LogP contribution in [-0.2, 0) is 11.2 Å². The van der Waals surface area contributed by atoms with Crippen LogP contribution in [0.3, 0.4) is 0 Å². The average molecular weight is 435 g/mol. The molecular weight excluding hydrogens is 408 g/mol. The highest BCUT2D eigenvalue weighted by atomic mass is 32.2. The van der Waals surface area contributed by atoms with E-state index in [-0.39, 0.29) is 5.91 Å².